The minimum Gasteiger partial charge on any atom is -0.467 e. The lowest BCUT2D eigenvalue weighted by Gasteiger charge is -2.21. The largest absolute Gasteiger partial charge is 0.467 e. The van der Waals surface area contributed by atoms with Crippen LogP contribution in [0, 0.1) is 0 Å². The van der Waals surface area contributed by atoms with Crippen molar-refractivity contribution in [1.82, 2.24) is 0 Å². The van der Waals surface area contributed by atoms with Crippen molar-refractivity contribution in [2.45, 2.75) is 25.7 Å². The van der Waals surface area contributed by atoms with Crippen LogP contribution in [0.5, 0.6) is 0 Å². The minimum atomic E-state index is -1.34. The monoisotopic (exact) mass is 313 g/mol. The number of rotatable bonds is 5. The molecule has 2 aromatic rings. The van der Waals surface area contributed by atoms with Crippen LogP contribution in [0.4, 0.5) is 5.69 Å². The zero-order valence-electron chi connectivity index (χ0n) is 13.6. The fourth-order valence-corrected chi connectivity index (χ4v) is 3.44. The van der Waals surface area contributed by atoms with Crippen molar-refractivity contribution in [3.8, 4) is 0 Å². The first-order valence-electron chi connectivity index (χ1n) is 7.41. The Balaban J connectivity index is 2.28. The number of benzene rings is 2. The predicted molar refractivity (Wildman–Crippen MR) is 94.2 cm³/mol. The van der Waals surface area contributed by atoms with Crippen LogP contribution < -0.4 is 10.5 Å². The molecule has 0 fully saturated rings. The number of hydrogen-bond donors (Lipinski definition) is 1. The maximum absolute atomic E-state index is 12.1. The van der Waals surface area contributed by atoms with Crippen LogP contribution in [0.2, 0.25) is 19.6 Å². The summed E-state index contributed by atoms with van der Waals surface area (Å²) in [6.07, 6.45) is 0. The molecule has 0 bridgehead atoms. The van der Waals surface area contributed by atoms with Crippen LogP contribution in [0.1, 0.15) is 11.6 Å². The summed E-state index contributed by atoms with van der Waals surface area (Å²) in [6, 6.07) is 17.5. The number of para-hydroxylation sites is 1. The van der Waals surface area contributed by atoms with Gasteiger partial charge in [0.15, 0.2) is 6.04 Å². The molecule has 0 radical (unpaired) electrons. The van der Waals surface area contributed by atoms with E-state index in [4.69, 9.17) is 4.74 Å². The minimum absolute atomic E-state index is 0.287. The Morgan fingerprint density at radius 3 is 2.09 bits per heavy atom. The Morgan fingerprint density at radius 1 is 1.00 bits per heavy atom. The molecule has 0 aliphatic carbocycles. The highest BCUT2D eigenvalue weighted by Gasteiger charge is 2.22. The highest BCUT2D eigenvalue weighted by atomic mass is 28.3. The molecule has 0 heterocycles. The number of esters is 1. The van der Waals surface area contributed by atoms with E-state index in [0.29, 0.717) is 0 Å². The van der Waals surface area contributed by atoms with E-state index in [-0.39, 0.29) is 5.97 Å². The van der Waals surface area contributed by atoms with Gasteiger partial charge in [0, 0.05) is 5.69 Å². The molecule has 0 aliphatic heterocycles. The second-order valence-electron chi connectivity index (χ2n) is 6.34. The Labute approximate surface area is 133 Å². The van der Waals surface area contributed by atoms with Crippen molar-refractivity contribution in [3.63, 3.8) is 0 Å². The molecule has 0 spiro atoms. The molecule has 2 rings (SSSR count). The summed E-state index contributed by atoms with van der Waals surface area (Å²) < 4.78 is 4.94. The summed E-state index contributed by atoms with van der Waals surface area (Å²) in [5.41, 5.74) is 1.81. The van der Waals surface area contributed by atoms with Gasteiger partial charge in [-0.05, 0) is 17.7 Å². The molecule has 1 atom stereocenters. The van der Waals surface area contributed by atoms with Gasteiger partial charge in [-0.3, -0.25) is 0 Å². The highest BCUT2D eigenvalue weighted by molar-refractivity contribution is 6.88. The van der Waals surface area contributed by atoms with Crippen molar-refractivity contribution in [1.29, 1.82) is 0 Å². The Kier molecular flexibility index (Phi) is 5.03. The molecule has 2 aromatic carbocycles. The van der Waals surface area contributed by atoms with Crippen LogP contribution in [0.3, 0.4) is 0 Å². The van der Waals surface area contributed by atoms with E-state index in [9.17, 15) is 4.79 Å². The molecule has 0 aromatic heterocycles. The van der Waals surface area contributed by atoms with Gasteiger partial charge in [-0.15, -0.1) is 0 Å². The molecule has 22 heavy (non-hydrogen) atoms. The summed E-state index contributed by atoms with van der Waals surface area (Å²) in [4.78, 5) is 12.1. The van der Waals surface area contributed by atoms with E-state index in [2.05, 4.69) is 37.1 Å². The summed E-state index contributed by atoms with van der Waals surface area (Å²) in [7, 11) is 0.0779. The van der Waals surface area contributed by atoms with Crippen molar-refractivity contribution >= 4 is 24.9 Å². The van der Waals surface area contributed by atoms with Gasteiger partial charge in [-0.25, -0.2) is 4.79 Å². The van der Waals surface area contributed by atoms with E-state index in [0.717, 1.165) is 11.3 Å². The molecule has 4 heteroatoms. The topological polar surface area (TPSA) is 38.3 Å². The third-order valence-corrected chi connectivity index (χ3v) is 5.70. The van der Waals surface area contributed by atoms with Crippen molar-refractivity contribution in [2.24, 2.45) is 0 Å². The third kappa shape index (κ3) is 3.98. The first-order chi connectivity index (χ1) is 10.4. The summed E-state index contributed by atoms with van der Waals surface area (Å²) >= 11 is 0. The maximum Gasteiger partial charge on any atom is 0.332 e. The van der Waals surface area contributed by atoms with Gasteiger partial charge < -0.3 is 10.1 Å². The van der Waals surface area contributed by atoms with Crippen LogP contribution in [-0.4, -0.2) is 21.2 Å². The molecule has 1 N–H and O–H groups in total. The molecule has 0 saturated carbocycles. The number of ether oxygens (including phenoxy) is 1. The van der Waals surface area contributed by atoms with Crippen molar-refractivity contribution in [3.05, 3.63) is 60.2 Å². The number of anilines is 1. The fourth-order valence-electron chi connectivity index (χ4n) is 2.27. The number of hydrogen-bond acceptors (Lipinski definition) is 3. The lowest BCUT2D eigenvalue weighted by Crippen LogP contribution is -2.37. The maximum atomic E-state index is 12.1. The molecule has 0 amide bonds. The molecule has 0 aliphatic rings. The van der Waals surface area contributed by atoms with Gasteiger partial charge in [0.05, 0.1) is 15.2 Å². The summed E-state index contributed by atoms with van der Waals surface area (Å²) in [5, 5.41) is 4.62. The average molecular weight is 313 g/mol. The lowest BCUT2D eigenvalue weighted by atomic mass is 10.1. The van der Waals surface area contributed by atoms with Gasteiger partial charge in [0.1, 0.15) is 0 Å². The average Bonchev–Trinajstić information content (AvgIpc) is 2.52. The SMILES string of the molecule is COC(=O)[C@H](Nc1ccccc1)c1ccc([Si](C)(C)C)cc1. The molecule has 0 unspecified atom stereocenters. The van der Waals surface area contributed by atoms with Crippen LogP contribution >= 0.6 is 0 Å². The number of carbonyl (C=O) groups is 1. The molecular weight excluding hydrogens is 290 g/mol. The molecular formula is C18H23NO2Si. The van der Waals surface area contributed by atoms with Crippen LogP contribution in [0.15, 0.2) is 54.6 Å². The van der Waals surface area contributed by atoms with Crippen molar-refractivity contribution < 1.29 is 9.53 Å². The van der Waals surface area contributed by atoms with Gasteiger partial charge in [0.25, 0.3) is 0 Å². The molecule has 3 nitrogen and oxygen atoms in total. The molecule has 0 saturated heterocycles. The number of nitrogens with one attached hydrogen (secondary N) is 1. The molecule has 116 valence electrons. The van der Waals surface area contributed by atoms with Gasteiger partial charge >= 0.3 is 5.97 Å². The Hall–Kier alpha value is -2.07. The second kappa shape index (κ2) is 6.79. The zero-order chi connectivity index (χ0) is 16.2. The smallest absolute Gasteiger partial charge is 0.332 e. The highest BCUT2D eigenvalue weighted by Crippen LogP contribution is 2.20. The third-order valence-electron chi connectivity index (χ3n) is 3.63. The van der Waals surface area contributed by atoms with Gasteiger partial charge in [-0.1, -0.05) is 67.3 Å². The lowest BCUT2D eigenvalue weighted by molar-refractivity contribution is -0.141. The van der Waals surface area contributed by atoms with Crippen molar-refractivity contribution in [2.75, 3.05) is 12.4 Å². The predicted octanol–water partition coefficient (Wildman–Crippen LogP) is 3.56. The normalized spacial score (nSPS) is 12.5. The number of carbonyl (C=O) groups excluding carboxylic acids is 1. The van der Waals surface area contributed by atoms with Crippen LogP contribution in [-0.2, 0) is 9.53 Å². The fraction of sp³-hybridized carbons (Fsp3) is 0.278. The van der Waals surface area contributed by atoms with E-state index < -0.39 is 14.1 Å². The second-order valence-corrected chi connectivity index (χ2v) is 11.4. The standard InChI is InChI=1S/C18H23NO2Si/c1-21-18(20)17(19-15-8-6-5-7-9-15)14-10-12-16(13-11-14)22(2,3)4/h5-13,17,19H,1-4H3/t17-/m1/s1. The zero-order valence-corrected chi connectivity index (χ0v) is 14.6. The van der Waals surface area contributed by atoms with Gasteiger partial charge in [-0.2, -0.15) is 0 Å². The first kappa shape index (κ1) is 16.3. The number of methoxy groups -OCH3 is 1. The van der Waals surface area contributed by atoms with E-state index in [1.165, 1.54) is 12.3 Å². The quantitative estimate of drug-likeness (QED) is 0.677. The van der Waals surface area contributed by atoms with Crippen LogP contribution in [0.25, 0.3) is 0 Å². The Morgan fingerprint density at radius 2 is 1.59 bits per heavy atom. The first-order valence-corrected chi connectivity index (χ1v) is 10.9. The van der Waals surface area contributed by atoms with E-state index in [1.54, 1.807) is 0 Å². The Bertz CT molecular complexity index is 618. The van der Waals surface area contributed by atoms with E-state index in [1.807, 2.05) is 42.5 Å². The summed E-state index contributed by atoms with van der Waals surface area (Å²) in [6.45, 7) is 6.92. The van der Waals surface area contributed by atoms with Gasteiger partial charge in [0.2, 0.25) is 0 Å². The summed E-state index contributed by atoms with van der Waals surface area (Å²) in [5.74, 6) is -0.287. The van der Waals surface area contributed by atoms with E-state index >= 15 is 0 Å².